The number of hydrogen-bond donors (Lipinski definition) is 3. The summed E-state index contributed by atoms with van der Waals surface area (Å²) < 4.78 is 54.9. The number of nitrogens with one attached hydrogen (secondary N) is 2. The fourth-order valence-electron chi connectivity index (χ4n) is 3.15. The maximum atomic E-state index is 14.4. The average molecular weight is 472 g/mol. The van der Waals surface area contributed by atoms with E-state index in [9.17, 15) is 27.2 Å². The number of hydrogen-bond acceptors (Lipinski definition) is 5. The van der Waals surface area contributed by atoms with Crippen LogP contribution in [-0.2, 0) is 6.42 Å². The van der Waals surface area contributed by atoms with E-state index in [1.54, 1.807) is 16.7 Å². The Morgan fingerprint density at radius 1 is 1.19 bits per heavy atom. The van der Waals surface area contributed by atoms with Gasteiger partial charge in [-0.3, -0.25) is 10.2 Å². The lowest BCUT2D eigenvalue weighted by atomic mass is 10.1. The number of halogens is 4. The Hall–Kier alpha value is -2.99. The number of amides is 3. The molecule has 0 bridgehead atoms. The summed E-state index contributed by atoms with van der Waals surface area (Å²) in [6.07, 6.45) is -4.43. The molecule has 0 aromatic heterocycles. The van der Waals surface area contributed by atoms with Gasteiger partial charge in [-0.25, -0.2) is 15.0 Å². The van der Waals surface area contributed by atoms with Crippen molar-refractivity contribution in [1.29, 1.82) is 0 Å². The van der Waals surface area contributed by atoms with Gasteiger partial charge in [0.15, 0.2) is 0 Å². The molecule has 7 nitrogen and oxygen atoms in total. The minimum atomic E-state index is -4.79. The molecule has 0 radical (unpaired) electrons. The van der Waals surface area contributed by atoms with Crippen molar-refractivity contribution in [1.82, 2.24) is 10.3 Å². The van der Waals surface area contributed by atoms with E-state index in [1.807, 2.05) is 5.43 Å². The molecule has 1 unspecified atom stereocenters. The zero-order chi connectivity index (χ0) is 23.3. The third kappa shape index (κ3) is 6.50. The molecule has 1 atom stereocenters. The summed E-state index contributed by atoms with van der Waals surface area (Å²) in [7, 11) is 0. The predicted octanol–water partition coefficient (Wildman–Crippen LogP) is 3.52. The Kier molecular flexibility index (Phi) is 7.46. The van der Waals surface area contributed by atoms with Crippen LogP contribution in [0.1, 0.15) is 15.9 Å². The Labute approximate surface area is 185 Å². The zero-order valence-corrected chi connectivity index (χ0v) is 17.4. The predicted molar refractivity (Wildman–Crippen MR) is 112 cm³/mol. The first-order valence-corrected chi connectivity index (χ1v) is 10.5. The third-order valence-corrected chi connectivity index (χ3v) is 5.86. The summed E-state index contributed by atoms with van der Waals surface area (Å²) in [4.78, 5) is 25.6. The highest BCUT2D eigenvalue weighted by atomic mass is 32.2. The zero-order valence-electron chi connectivity index (χ0n) is 16.6. The monoisotopic (exact) mass is 472 g/mol. The normalized spacial score (nSPS) is 16.4. The number of ether oxygens (including phenoxy) is 1. The van der Waals surface area contributed by atoms with Crippen molar-refractivity contribution in [3.05, 3.63) is 59.4 Å². The van der Waals surface area contributed by atoms with E-state index >= 15 is 0 Å². The van der Waals surface area contributed by atoms with Crippen LogP contribution in [-0.4, -0.2) is 47.3 Å². The van der Waals surface area contributed by atoms with Crippen molar-refractivity contribution in [2.75, 3.05) is 24.2 Å². The highest BCUT2D eigenvalue weighted by Gasteiger charge is 2.31. The molecular weight excluding hydrogens is 452 g/mol. The lowest BCUT2D eigenvalue weighted by molar-refractivity contribution is -0.274. The first-order chi connectivity index (χ1) is 15.1. The fraction of sp³-hybridized carbons (Fsp3) is 0.300. The molecule has 1 fully saturated rings. The van der Waals surface area contributed by atoms with E-state index in [1.165, 1.54) is 24.3 Å². The molecule has 3 amide bonds. The summed E-state index contributed by atoms with van der Waals surface area (Å²) >= 11 is 1.61. The quantitative estimate of drug-likeness (QED) is 0.268. The summed E-state index contributed by atoms with van der Waals surface area (Å²) in [5.74, 6) is 4.18. The third-order valence-electron chi connectivity index (χ3n) is 4.66. The van der Waals surface area contributed by atoms with Gasteiger partial charge in [0.2, 0.25) is 0 Å². The number of urea groups is 1. The summed E-state index contributed by atoms with van der Waals surface area (Å²) in [6.45, 7) is 0.830. The number of nitrogen functional groups attached to an aromatic ring is 1. The number of carbonyl (C=O) groups excluding carboxylic acids is 2. The van der Waals surface area contributed by atoms with Gasteiger partial charge < -0.3 is 15.0 Å². The van der Waals surface area contributed by atoms with Gasteiger partial charge in [-0.2, -0.15) is 11.8 Å². The highest BCUT2D eigenvalue weighted by Crippen LogP contribution is 2.26. The van der Waals surface area contributed by atoms with E-state index in [4.69, 9.17) is 5.84 Å². The van der Waals surface area contributed by atoms with Crippen molar-refractivity contribution < 1.29 is 31.9 Å². The number of nitrogens with two attached hydrogens (primary N) is 1. The molecule has 32 heavy (non-hydrogen) atoms. The van der Waals surface area contributed by atoms with Gasteiger partial charge in [-0.15, -0.1) is 13.2 Å². The van der Waals surface area contributed by atoms with Crippen molar-refractivity contribution in [2.24, 2.45) is 5.84 Å². The number of nitrogens with zero attached hydrogens (tertiary/aromatic N) is 1. The molecule has 172 valence electrons. The Morgan fingerprint density at radius 3 is 2.53 bits per heavy atom. The van der Waals surface area contributed by atoms with Crippen LogP contribution >= 0.6 is 11.8 Å². The lowest BCUT2D eigenvalue weighted by Crippen LogP contribution is -2.44. The number of rotatable bonds is 5. The van der Waals surface area contributed by atoms with E-state index in [0.29, 0.717) is 36.5 Å². The summed E-state index contributed by atoms with van der Waals surface area (Å²) in [5, 5.41) is 2.57. The maximum absolute atomic E-state index is 14.4. The van der Waals surface area contributed by atoms with Gasteiger partial charge in [-0.1, -0.05) is 6.07 Å². The molecule has 1 aliphatic rings. The van der Waals surface area contributed by atoms with Crippen LogP contribution in [0.25, 0.3) is 0 Å². The van der Waals surface area contributed by atoms with E-state index in [-0.39, 0.29) is 16.6 Å². The molecule has 12 heteroatoms. The largest absolute Gasteiger partial charge is 0.573 e. The van der Waals surface area contributed by atoms with Gasteiger partial charge in [-0.05, 0) is 48.4 Å². The molecule has 2 aromatic rings. The Balaban J connectivity index is 1.57. The van der Waals surface area contributed by atoms with E-state index < -0.39 is 24.1 Å². The SMILES string of the molecule is NNC(=O)c1ccc(CC2CN(C(=O)Nc3ccc(OC(F)(F)F)cc3)CCS2)c(F)c1. The van der Waals surface area contributed by atoms with Crippen LogP contribution in [0.4, 0.5) is 28.0 Å². The number of thioether (sulfide) groups is 1. The second kappa shape index (κ2) is 10.1. The molecular formula is C20H20F4N4O3S. The topological polar surface area (TPSA) is 96.7 Å². The highest BCUT2D eigenvalue weighted by molar-refractivity contribution is 8.00. The van der Waals surface area contributed by atoms with Gasteiger partial charge in [0.1, 0.15) is 11.6 Å². The van der Waals surface area contributed by atoms with Gasteiger partial charge in [0.25, 0.3) is 5.91 Å². The first kappa shape index (κ1) is 23.7. The smallest absolute Gasteiger partial charge is 0.406 e. The van der Waals surface area contributed by atoms with Gasteiger partial charge >= 0.3 is 12.4 Å². The van der Waals surface area contributed by atoms with Crippen molar-refractivity contribution >= 4 is 29.4 Å². The minimum absolute atomic E-state index is 0.0688. The van der Waals surface area contributed by atoms with Crippen LogP contribution in [0.2, 0.25) is 0 Å². The van der Waals surface area contributed by atoms with E-state index in [2.05, 4.69) is 10.1 Å². The summed E-state index contributed by atoms with van der Waals surface area (Å²) in [6, 6.07) is 8.53. The second-order valence-corrected chi connectivity index (χ2v) is 8.33. The van der Waals surface area contributed by atoms with Crippen molar-refractivity contribution in [2.45, 2.75) is 18.0 Å². The average Bonchev–Trinajstić information content (AvgIpc) is 2.75. The van der Waals surface area contributed by atoms with Gasteiger partial charge in [0, 0.05) is 35.3 Å². The molecule has 0 aliphatic carbocycles. The van der Waals surface area contributed by atoms with Crippen molar-refractivity contribution in [3.63, 3.8) is 0 Å². The minimum Gasteiger partial charge on any atom is -0.406 e. The fourth-order valence-corrected chi connectivity index (χ4v) is 4.39. The molecule has 0 spiro atoms. The van der Waals surface area contributed by atoms with Crippen LogP contribution < -0.4 is 21.3 Å². The standard InChI is InChI=1S/C20H20F4N4O3S/c21-17-10-13(18(29)27-25)2-1-12(17)9-16-11-28(7-8-32-16)19(30)26-14-3-5-15(6-4-14)31-20(22,23)24/h1-6,10,16H,7-9,11,25H2,(H,26,30)(H,27,29). The molecule has 3 rings (SSSR count). The molecule has 2 aromatic carbocycles. The Bertz CT molecular complexity index is 972. The van der Waals surface area contributed by atoms with Crippen LogP contribution in [0.3, 0.4) is 0 Å². The van der Waals surface area contributed by atoms with E-state index in [0.717, 1.165) is 18.2 Å². The molecule has 0 saturated carbocycles. The number of benzene rings is 2. The Morgan fingerprint density at radius 2 is 1.91 bits per heavy atom. The number of alkyl halides is 3. The first-order valence-electron chi connectivity index (χ1n) is 9.47. The molecule has 1 aliphatic heterocycles. The number of anilines is 1. The number of carbonyl (C=O) groups is 2. The lowest BCUT2D eigenvalue weighted by Gasteiger charge is -2.32. The maximum Gasteiger partial charge on any atom is 0.573 e. The van der Waals surface area contributed by atoms with Crippen molar-refractivity contribution in [3.8, 4) is 5.75 Å². The van der Waals surface area contributed by atoms with Crippen LogP contribution in [0.15, 0.2) is 42.5 Å². The second-order valence-electron chi connectivity index (χ2n) is 6.92. The van der Waals surface area contributed by atoms with Gasteiger partial charge in [0.05, 0.1) is 0 Å². The molecule has 1 saturated heterocycles. The number of hydrazine groups is 1. The summed E-state index contributed by atoms with van der Waals surface area (Å²) in [5.41, 5.74) is 2.79. The molecule has 4 N–H and O–H groups in total. The van der Waals surface area contributed by atoms with Crippen LogP contribution in [0.5, 0.6) is 5.75 Å². The van der Waals surface area contributed by atoms with Crippen LogP contribution in [0, 0.1) is 5.82 Å². The molecule has 1 heterocycles.